The Balaban J connectivity index is 1.45. The zero-order chi connectivity index (χ0) is 21.3. The molecule has 8 heteroatoms. The maximum atomic E-state index is 12.6. The monoisotopic (exact) mass is 410 g/mol. The number of aromatic amines is 1. The SMILES string of the molecule is CCOc1ccc(CN2CCN(c3nc4c(cnn4C(C)(C)C)c(=O)[nH]3)CC2)cc1. The van der Waals surface area contributed by atoms with Gasteiger partial charge in [0.1, 0.15) is 11.1 Å². The first kappa shape index (κ1) is 20.4. The Bertz CT molecular complexity index is 1060. The van der Waals surface area contributed by atoms with Gasteiger partial charge in [0.15, 0.2) is 5.65 Å². The zero-order valence-corrected chi connectivity index (χ0v) is 18.2. The molecule has 1 fully saturated rings. The molecule has 0 aliphatic carbocycles. The van der Waals surface area contributed by atoms with E-state index in [1.165, 1.54) is 5.56 Å². The highest BCUT2D eigenvalue weighted by atomic mass is 16.5. The van der Waals surface area contributed by atoms with Crippen molar-refractivity contribution >= 4 is 17.0 Å². The molecule has 160 valence electrons. The topological polar surface area (TPSA) is 79.3 Å². The van der Waals surface area contributed by atoms with Crippen LogP contribution in [0.1, 0.15) is 33.3 Å². The number of fused-ring (bicyclic) bond motifs is 1. The van der Waals surface area contributed by atoms with E-state index in [-0.39, 0.29) is 11.1 Å². The third-order valence-electron chi connectivity index (χ3n) is 5.37. The van der Waals surface area contributed by atoms with Gasteiger partial charge in [0.05, 0.1) is 18.3 Å². The van der Waals surface area contributed by atoms with Crippen molar-refractivity contribution in [3.8, 4) is 5.75 Å². The molecule has 3 heterocycles. The van der Waals surface area contributed by atoms with E-state index < -0.39 is 0 Å². The molecule has 1 aliphatic rings. The highest BCUT2D eigenvalue weighted by Gasteiger charge is 2.23. The third-order valence-corrected chi connectivity index (χ3v) is 5.37. The third kappa shape index (κ3) is 4.18. The molecule has 0 saturated carbocycles. The summed E-state index contributed by atoms with van der Waals surface area (Å²) in [6.07, 6.45) is 1.60. The predicted octanol–water partition coefficient (Wildman–Crippen LogP) is 2.60. The molecule has 0 radical (unpaired) electrons. The van der Waals surface area contributed by atoms with Crippen molar-refractivity contribution in [3.05, 3.63) is 46.4 Å². The lowest BCUT2D eigenvalue weighted by Gasteiger charge is -2.35. The van der Waals surface area contributed by atoms with E-state index in [4.69, 9.17) is 9.72 Å². The van der Waals surface area contributed by atoms with Crippen LogP contribution in [0.25, 0.3) is 11.0 Å². The maximum Gasteiger partial charge on any atom is 0.263 e. The summed E-state index contributed by atoms with van der Waals surface area (Å²) in [5, 5.41) is 4.92. The summed E-state index contributed by atoms with van der Waals surface area (Å²) in [5.74, 6) is 1.53. The van der Waals surface area contributed by atoms with Crippen LogP contribution in [0.5, 0.6) is 5.75 Å². The number of H-pyrrole nitrogens is 1. The van der Waals surface area contributed by atoms with Gasteiger partial charge < -0.3 is 9.64 Å². The number of benzene rings is 1. The van der Waals surface area contributed by atoms with Gasteiger partial charge in [-0.1, -0.05) is 12.1 Å². The molecule has 1 N–H and O–H groups in total. The van der Waals surface area contributed by atoms with Gasteiger partial charge in [-0.15, -0.1) is 0 Å². The van der Waals surface area contributed by atoms with Crippen LogP contribution in [0.4, 0.5) is 5.95 Å². The number of ether oxygens (including phenoxy) is 1. The van der Waals surface area contributed by atoms with Gasteiger partial charge in [0.2, 0.25) is 5.95 Å². The molecular weight excluding hydrogens is 380 g/mol. The summed E-state index contributed by atoms with van der Waals surface area (Å²) in [6, 6.07) is 8.30. The van der Waals surface area contributed by atoms with Crippen LogP contribution >= 0.6 is 0 Å². The van der Waals surface area contributed by atoms with E-state index in [0.717, 1.165) is 38.5 Å². The van der Waals surface area contributed by atoms with Gasteiger partial charge in [-0.3, -0.25) is 14.7 Å². The molecule has 0 spiro atoms. The van der Waals surface area contributed by atoms with Gasteiger partial charge in [-0.05, 0) is 45.4 Å². The fourth-order valence-electron chi connectivity index (χ4n) is 3.78. The Morgan fingerprint density at radius 2 is 1.80 bits per heavy atom. The maximum absolute atomic E-state index is 12.6. The minimum absolute atomic E-state index is 0.137. The van der Waals surface area contributed by atoms with E-state index in [0.29, 0.717) is 23.6 Å². The van der Waals surface area contributed by atoms with Crippen LogP contribution in [-0.2, 0) is 12.1 Å². The first-order valence-corrected chi connectivity index (χ1v) is 10.5. The van der Waals surface area contributed by atoms with E-state index >= 15 is 0 Å². The lowest BCUT2D eigenvalue weighted by atomic mass is 10.1. The lowest BCUT2D eigenvalue weighted by Crippen LogP contribution is -2.47. The molecule has 0 atom stereocenters. The first-order valence-electron chi connectivity index (χ1n) is 10.5. The minimum atomic E-state index is -0.240. The molecule has 8 nitrogen and oxygen atoms in total. The van der Waals surface area contributed by atoms with Gasteiger partial charge in [0, 0.05) is 32.7 Å². The van der Waals surface area contributed by atoms with E-state index in [9.17, 15) is 4.79 Å². The van der Waals surface area contributed by atoms with Crippen molar-refractivity contribution in [1.29, 1.82) is 0 Å². The Hall–Kier alpha value is -2.87. The van der Waals surface area contributed by atoms with Crippen LogP contribution < -0.4 is 15.2 Å². The van der Waals surface area contributed by atoms with Crippen LogP contribution in [0, 0.1) is 0 Å². The zero-order valence-electron chi connectivity index (χ0n) is 18.2. The van der Waals surface area contributed by atoms with Gasteiger partial charge >= 0.3 is 0 Å². The Morgan fingerprint density at radius 1 is 1.10 bits per heavy atom. The van der Waals surface area contributed by atoms with E-state index in [1.54, 1.807) is 6.20 Å². The van der Waals surface area contributed by atoms with E-state index in [2.05, 4.69) is 52.8 Å². The Labute approximate surface area is 176 Å². The summed E-state index contributed by atoms with van der Waals surface area (Å²) in [4.78, 5) is 24.8. The summed E-state index contributed by atoms with van der Waals surface area (Å²) in [5.41, 5.74) is 1.53. The van der Waals surface area contributed by atoms with Crippen LogP contribution in [-0.4, -0.2) is 57.4 Å². The highest BCUT2D eigenvalue weighted by molar-refractivity contribution is 5.74. The fourth-order valence-corrected chi connectivity index (χ4v) is 3.78. The number of rotatable bonds is 5. The summed E-state index contributed by atoms with van der Waals surface area (Å²) in [7, 11) is 0. The molecule has 2 aromatic heterocycles. The first-order chi connectivity index (χ1) is 14.3. The number of anilines is 1. The summed E-state index contributed by atoms with van der Waals surface area (Å²) >= 11 is 0. The number of piperazine rings is 1. The van der Waals surface area contributed by atoms with Crippen molar-refractivity contribution in [3.63, 3.8) is 0 Å². The predicted molar refractivity (Wildman–Crippen MR) is 118 cm³/mol. The highest BCUT2D eigenvalue weighted by Crippen LogP contribution is 2.21. The standard InChI is InChI=1S/C22H30N6O2/c1-5-30-17-8-6-16(7-9-17)15-26-10-12-27(13-11-26)21-24-19-18(20(29)25-21)14-23-28(19)22(2,3)4/h6-9,14H,5,10-13,15H2,1-4H3,(H,24,25,29). The van der Waals surface area contributed by atoms with Gasteiger partial charge in [-0.25, -0.2) is 4.68 Å². The number of hydrogen-bond donors (Lipinski definition) is 1. The number of hydrogen-bond acceptors (Lipinski definition) is 6. The minimum Gasteiger partial charge on any atom is -0.494 e. The second-order valence-electron chi connectivity index (χ2n) is 8.69. The second-order valence-corrected chi connectivity index (χ2v) is 8.69. The lowest BCUT2D eigenvalue weighted by molar-refractivity contribution is 0.248. The van der Waals surface area contributed by atoms with E-state index in [1.807, 2.05) is 23.7 Å². The molecule has 1 aromatic carbocycles. The van der Waals surface area contributed by atoms with Crippen molar-refractivity contribution in [2.24, 2.45) is 0 Å². The molecule has 1 aliphatic heterocycles. The summed E-state index contributed by atoms with van der Waals surface area (Å²) < 4.78 is 7.34. The quantitative estimate of drug-likeness (QED) is 0.697. The molecule has 0 unspecified atom stereocenters. The van der Waals surface area contributed by atoms with Gasteiger partial charge in [-0.2, -0.15) is 10.1 Å². The number of nitrogens with zero attached hydrogens (tertiary/aromatic N) is 5. The average molecular weight is 411 g/mol. The smallest absolute Gasteiger partial charge is 0.263 e. The fraction of sp³-hybridized carbons (Fsp3) is 0.500. The largest absolute Gasteiger partial charge is 0.494 e. The van der Waals surface area contributed by atoms with Crippen molar-refractivity contribution in [2.75, 3.05) is 37.7 Å². The van der Waals surface area contributed by atoms with Crippen LogP contribution in [0.2, 0.25) is 0 Å². The van der Waals surface area contributed by atoms with Crippen molar-refractivity contribution < 1.29 is 4.74 Å². The Morgan fingerprint density at radius 3 is 2.43 bits per heavy atom. The van der Waals surface area contributed by atoms with Crippen molar-refractivity contribution in [1.82, 2.24) is 24.6 Å². The molecule has 0 amide bonds. The number of nitrogens with one attached hydrogen (secondary N) is 1. The number of aromatic nitrogens is 4. The normalized spacial score (nSPS) is 15.7. The van der Waals surface area contributed by atoms with Crippen LogP contribution in [0.15, 0.2) is 35.3 Å². The molecule has 0 bridgehead atoms. The van der Waals surface area contributed by atoms with Gasteiger partial charge in [0.25, 0.3) is 5.56 Å². The molecule has 3 aromatic rings. The average Bonchev–Trinajstić information content (AvgIpc) is 3.15. The molecule has 1 saturated heterocycles. The Kier molecular flexibility index (Phi) is 5.51. The van der Waals surface area contributed by atoms with Crippen LogP contribution in [0.3, 0.4) is 0 Å². The molecule has 30 heavy (non-hydrogen) atoms. The second kappa shape index (κ2) is 8.10. The molecule has 4 rings (SSSR count). The van der Waals surface area contributed by atoms with Crippen molar-refractivity contribution in [2.45, 2.75) is 39.8 Å². The summed E-state index contributed by atoms with van der Waals surface area (Å²) in [6.45, 7) is 13.2. The molecular formula is C22H30N6O2.